The monoisotopic (exact) mass is 291 g/mol. The Bertz CT molecular complexity index is 548. The van der Waals surface area contributed by atoms with Crippen molar-refractivity contribution in [2.24, 2.45) is 7.05 Å². The molecule has 1 heterocycles. The van der Waals surface area contributed by atoms with Crippen molar-refractivity contribution >= 4 is 11.6 Å². The first kappa shape index (κ1) is 15.1. The summed E-state index contributed by atoms with van der Waals surface area (Å²) < 4.78 is 1.91. The second kappa shape index (κ2) is 6.91. The summed E-state index contributed by atoms with van der Waals surface area (Å²) in [6.07, 6.45) is 2.74. The molecule has 108 valence electrons. The Labute approximate surface area is 126 Å². The van der Waals surface area contributed by atoms with Gasteiger partial charge in [0, 0.05) is 19.5 Å². The van der Waals surface area contributed by atoms with E-state index < -0.39 is 0 Å². The van der Waals surface area contributed by atoms with E-state index in [1.165, 1.54) is 5.56 Å². The van der Waals surface area contributed by atoms with Crippen LogP contribution in [0.4, 0.5) is 0 Å². The van der Waals surface area contributed by atoms with Gasteiger partial charge < -0.3 is 5.32 Å². The van der Waals surface area contributed by atoms with Crippen LogP contribution >= 0.6 is 11.6 Å². The van der Waals surface area contributed by atoms with Crippen molar-refractivity contribution < 1.29 is 0 Å². The van der Waals surface area contributed by atoms with E-state index in [9.17, 15) is 0 Å². The van der Waals surface area contributed by atoms with Crippen molar-refractivity contribution in [1.29, 1.82) is 0 Å². The molecule has 0 aliphatic rings. The molecule has 1 atom stereocenters. The third-order valence-electron chi connectivity index (χ3n) is 3.68. The zero-order chi connectivity index (χ0) is 14.5. The molecule has 1 aromatic carbocycles. The zero-order valence-electron chi connectivity index (χ0n) is 12.4. The first-order chi connectivity index (χ1) is 9.65. The van der Waals surface area contributed by atoms with Crippen LogP contribution in [0.3, 0.4) is 0 Å². The third kappa shape index (κ3) is 3.41. The Morgan fingerprint density at radius 1 is 1.25 bits per heavy atom. The zero-order valence-corrected chi connectivity index (χ0v) is 13.1. The molecule has 0 saturated carbocycles. The first-order valence-electron chi connectivity index (χ1n) is 7.07. The van der Waals surface area contributed by atoms with Crippen LogP contribution in [0.2, 0.25) is 5.02 Å². The normalized spacial score (nSPS) is 12.6. The molecule has 0 aliphatic heterocycles. The minimum Gasteiger partial charge on any atom is -0.316 e. The van der Waals surface area contributed by atoms with Gasteiger partial charge in [0.2, 0.25) is 0 Å². The quantitative estimate of drug-likeness (QED) is 0.887. The molecular formula is C16H22ClN3. The number of nitrogens with one attached hydrogen (secondary N) is 1. The summed E-state index contributed by atoms with van der Waals surface area (Å²) >= 11 is 6.42. The molecule has 2 rings (SSSR count). The molecule has 3 nitrogen and oxygen atoms in total. The van der Waals surface area contributed by atoms with E-state index in [-0.39, 0.29) is 0 Å². The number of hydrogen-bond donors (Lipinski definition) is 1. The van der Waals surface area contributed by atoms with E-state index >= 15 is 0 Å². The van der Waals surface area contributed by atoms with Crippen molar-refractivity contribution in [3.05, 3.63) is 52.3 Å². The number of likely N-dealkylation sites (N-methyl/N-ethyl adjacent to an activating group) is 1. The van der Waals surface area contributed by atoms with E-state index in [4.69, 9.17) is 11.6 Å². The van der Waals surface area contributed by atoms with Crippen molar-refractivity contribution in [3.63, 3.8) is 0 Å². The average Bonchev–Trinajstić information content (AvgIpc) is 2.74. The molecule has 1 unspecified atom stereocenters. The first-order valence-corrected chi connectivity index (χ1v) is 7.44. The summed E-state index contributed by atoms with van der Waals surface area (Å²) in [7, 11) is 3.97. The lowest BCUT2D eigenvalue weighted by molar-refractivity contribution is 0.533. The van der Waals surface area contributed by atoms with Gasteiger partial charge >= 0.3 is 0 Å². The van der Waals surface area contributed by atoms with Gasteiger partial charge in [0.1, 0.15) is 0 Å². The lowest BCUT2D eigenvalue weighted by Gasteiger charge is -2.16. The molecule has 4 heteroatoms. The predicted molar refractivity (Wildman–Crippen MR) is 84.3 cm³/mol. The maximum Gasteiger partial charge on any atom is 0.0850 e. The molecule has 0 fully saturated rings. The fourth-order valence-corrected chi connectivity index (χ4v) is 2.82. The van der Waals surface area contributed by atoms with Crippen molar-refractivity contribution in [3.8, 4) is 0 Å². The minimum absolute atomic E-state index is 0.356. The second-order valence-electron chi connectivity index (χ2n) is 5.06. The topological polar surface area (TPSA) is 29.9 Å². The molecule has 1 N–H and O–H groups in total. The largest absolute Gasteiger partial charge is 0.316 e. The Balaban J connectivity index is 2.12. The molecule has 2 aromatic rings. The minimum atomic E-state index is 0.356. The standard InChI is InChI=1S/C16H22ClN3/c1-4-14-16(17)15(20(3)19-14)11-13(18-2)10-12-8-6-5-7-9-12/h5-9,13,18H,4,10-11H2,1-3H3. The van der Waals surface area contributed by atoms with Crippen LogP contribution in [0.15, 0.2) is 30.3 Å². The number of aryl methyl sites for hydroxylation is 2. The maximum absolute atomic E-state index is 6.42. The molecule has 0 saturated heterocycles. The van der Waals surface area contributed by atoms with Crippen LogP contribution in [0.1, 0.15) is 23.9 Å². The highest BCUT2D eigenvalue weighted by Crippen LogP contribution is 2.22. The molecule has 1 aromatic heterocycles. The van der Waals surface area contributed by atoms with Crippen LogP contribution in [0.5, 0.6) is 0 Å². The number of halogens is 1. The molecule has 0 aliphatic carbocycles. The van der Waals surface area contributed by atoms with E-state index in [1.807, 2.05) is 24.8 Å². The summed E-state index contributed by atoms with van der Waals surface area (Å²) in [6, 6.07) is 10.9. The summed E-state index contributed by atoms with van der Waals surface area (Å²) in [5.41, 5.74) is 3.43. The van der Waals surface area contributed by atoms with E-state index in [0.29, 0.717) is 6.04 Å². The van der Waals surface area contributed by atoms with Gasteiger partial charge in [0.05, 0.1) is 16.4 Å². The van der Waals surface area contributed by atoms with Gasteiger partial charge in [-0.3, -0.25) is 4.68 Å². The highest BCUT2D eigenvalue weighted by atomic mass is 35.5. The van der Waals surface area contributed by atoms with Gasteiger partial charge in [-0.1, -0.05) is 48.9 Å². The number of benzene rings is 1. The van der Waals surface area contributed by atoms with Crippen LogP contribution in [-0.2, 0) is 26.3 Å². The maximum atomic E-state index is 6.42. The highest BCUT2D eigenvalue weighted by molar-refractivity contribution is 6.31. The third-order valence-corrected chi connectivity index (χ3v) is 4.11. The van der Waals surface area contributed by atoms with E-state index in [1.54, 1.807) is 0 Å². The van der Waals surface area contributed by atoms with E-state index in [0.717, 1.165) is 35.7 Å². The SMILES string of the molecule is CCc1nn(C)c(CC(Cc2ccccc2)NC)c1Cl. The van der Waals surface area contributed by atoms with Crippen LogP contribution in [-0.4, -0.2) is 22.9 Å². The van der Waals surface area contributed by atoms with Gasteiger partial charge in [-0.15, -0.1) is 0 Å². The van der Waals surface area contributed by atoms with E-state index in [2.05, 4.69) is 41.6 Å². The molecule has 0 spiro atoms. The lowest BCUT2D eigenvalue weighted by Crippen LogP contribution is -2.30. The number of hydrogen-bond acceptors (Lipinski definition) is 2. The fourth-order valence-electron chi connectivity index (χ4n) is 2.45. The Hall–Kier alpha value is -1.32. The Morgan fingerprint density at radius 3 is 2.50 bits per heavy atom. The molecule has 0 bridgehead atoms. The van der Waals surface area contributed by atoms with Crippen molar-refractivity contribution in [2.75, 3.05) is 7.05 Å². The Morgan fingerprint density at radius 2 is 1.95 bits per heavy atom. The smallest absolute Gasteiger partial charge is 0.0850 e. The fraction of sp³-hybridized carbons (Fsp3) is 0.438. The molecule has 0 amide bonds. The molecule has 0 radical (unpaired) electrons. The van der Waals surface area contributed by atoms with Crippen LogP contribution < -0.4 is 5.32 Å². The predicted octanol–water partition coefficient (Wildman–Crippen LogP) is 3.01. The lowest BCUT2D eigenvalue weighted by atomic mass is 10.0. The summed E-state index contributed by atoms with van der Waals surface area (Å²) in [6.45, 7) is 2.08. The Kier molecular flexibility index (Phi) is 5.21. The second-order valence-corrected chi connectivity index (χ2v) is 5.44. The van der Waals surface area contributed by atoms with Crippen LogP contribution in [0, 0.1) is 0 Å². The summed E-state index contributed by atoms with van der Waals surface area (Å²) in [4.78, 5) is 0. The average molecular weight is 292 g/mol. The number of aromatic nitrogens is 2. The summed E-state index contributed by atoms with van der Waals surface area (Å²) in [5, 5.41) is 8.68. The number of rotatable bonds is 6. The van der Waals surface area contributed by atoms with Crippen molar-refractivity contribution in [1.82, 2.24) is 15.1 Å². The van der Waals surface area contributed by atoms with Crippen molar-refractivity contribution in [2.45, 2.75) is 32.2 Å². The molecular weight excluding hydrogens is 270 g/mol. The van der Waals surface area contributed by atoms with Gasteiger partial charge in [0.15, 0.2) is 0 Å². The summed E-state index contributed by atoms with van der Waals surface area (Å²) in [5.74, 6) is 0. The van der Waals surface area contributed by atoms with Gasteiger partial charge in [-0.05, 0) is 25.5 Å². The van der Waals surface area contributed by atoms with Gasteiger partial charge in [-0.2, -0.15) is 5.10 Å². The highest BCUT2D eigenvalue weighted by Gasteiger charge is 2.17. The number of nitrogens with zero attached hydrogens (tertiary/aromatic N) is 2. The molecule has 20 heavy (non-hydrogen) atoms. The van der Waals surface area contributed by atoms with Gasteiger partial charge in [-0.25, -0.2) is 0 Å². The van der Waals surface area contributed by atoms with Gasteiger partial charge in [0.25, 0.3) is 0 Å². The van der Waals surface area contributed by atoms with Crippen LogP contribution in [0.25, 0.3) is 0 Å².